The average Bonchev–Trinajstić information content (AvgIpc) is 2.98. The molecule has 4 rings (SSSR count). The van der Waals surface area contributed by atoms with Gasteiger partial charge >= 0.3 is 0 Å². The van der Waals surface area contributed by atoms with Gasteiger partial charge in [0.2, 0.25) is 11.8 Å². The lowest BCUT2D eigenvalue weighted by molar-refractivity contribution is -0.122. The number of carbonyl (C=O) groups excluding carboxylic acids is 3. The Morgan fingerprint density at radius 1 is 1.03 bits per heavy atom. The van der Waals surface area contributed by atoms with Gasteiger partial charge in [-0.2, -0.15) is 0 Å². The van der Waals surface area contributed by atoms with Crippen LogP contribution in [0.2, 0.25) is 0 Å². The number of hydrogen-bond acceptors (Lipinski definition) is 4. The lowest BCUT2D eigenvalue weighted by Crippen LogP contribution is -2.30. The van der Waals surface area contributed by atoms with Crippen LogP contribution in [0.1, 0.15) is 23.2 Å². The van der Waals surface area contributed by atoms with Crippen LogP contribution < -0.4 is 15.0 Å². The third kappa shape index (κ3) is 3.63. The summed E-state index contributed by atoms with van der Waals surface area (Å²) in [6.07, 6.45) is 2.69. The number of nitrogens with one attached hydrogen (secondary N) is 1. The van der Waals surface area contributed by atoms with E-state index in [0.717, 1.165) is 0 Å². The van der Waals surface area contributed by atoms with Gasteiger partial charge in [0, 0.05) is 16.3 Å². The molecular formula is C22H19ClN2O4. The second-order valence-corrected chi connectivity index (χ2v) is 7.53. The van der Waals surface area contributed by atoms with Crippen molar-refractivity contribution < 1.29 is 19.1 Å². The largest absolute Gasteiger partial charge is 0.497 e. The van der Waals surface area contributed by atoms with Gasteiger partial charge in [0.15, 0.2) is 0 Å². The summed E-state index contributed by atoms with van der Waals surface area (Å²) in [5.41, 5.74) is 1.52. The van der Waals surface area contributed by atoms with E-state index in [2.05, 4.69) is 5.32 Å². The number of amides is 3. The highest BCUT2D eigenvalue weighted by atomic mass is 35.5. The lowest BCUT2D eigenvalue weighted by atomic mass is 9.85. The summed E-state index contributed by atoms with van der Waals surface area (Å²) in [5, 5.41) is 3.42. The number of benzene rings is 2. The van der Waals surface area contributed by atoms with Crippen LogP contribution in [-0.4, -0.2) is 24.8 Å². The summed E-state index contributed by atoms with van der Waals surface area (Å²) in [7, 11) is 1.57. The van der Waals surface area contributed by atoms with Crippen LogP contribution >= 0.6 is 11.6 Å². The standard InChI is InChI=1S/C22H19ClN2O4/c1-29-17-9-5-15(6-10-17)24-20(26)13-2-7-16(8-3-13)25-21(27)18-11-4-14(23)12-19(18)22(25)28/h2-10,18-19H,11-12H2,1H3,(H,24,26)/t18-,19-/m1/s1. The van der Waals surface area contributed by atoms with Crippen LogP contribution in [0.3, 0.4) is 0 Å². The third-order valence-electron chi connectivity index (χ3n) is 5.30. The summed E-state index contributed by atoms with van der Waals surface area (Å²) >= 11 is 6.06. The molecule has 29 heavy (non-hydrogen) atoms. The van der Waals surface area contributed by atoms with Crippen molar-refractivity contribution in [3.8, 4) is 5.75 Å². The Bertz CT molecular complexity index is 998. The number of hydrogen-bond donors (Lipinski definition) is 1. The molecule has 0 radical (unpaired) electrons. The molecule has 7 heteroatoms. The van der Waals surface area contributed by atoms with Crippen molar-refractivity contribution in [2.45, 2.75) is 12.8 Å². The smallest absolute Gasteiger partial charge is 0.255 e. The molecule has 2 aliphatic rings. The van der Waals surface area contributed by atoms with Gasteiger partial charge < -0.3 is 10.1 Å². The second-order valence-electron chi connectivity index (χ2n) is 7.05. The van der Waals surface area contributed by atoms with E-state index in [9.17, 15) is 14.4 Å². The van der Waals surface area contributed by atoms with E-state index < -0.39 is 5.92 Å². The lowest BCUT2D eigenvalue weighted by Gasteiger charge is -2.17. The molecule has 0 spiro atoms. The summed E-state index contributed by atoms with van der Waals surface area (Å²) in [6.45, 7) is 0. The highest BCUT2D eigenvalue weighted by Crippen LogP contribution is 2.40. The van der Waals surface area contributed by atoms with E-state index in [-0.39, 0.29) is 23.6 Å². The Hall–Kier alpha value is -3.12. The van der Waals surface area contributed by atoms with Crippen LogP contribution in [0.5, 0.6) is 5.75 Å². The Kier molecular flexibility index (Phi) is 5.11. The molecule has 1 N–H and O–H groups in total. The predicted octanol–water partition coefficient (Wildman–Crippen LogP) is 3.97. The van der Waals surface area contributed by atoms with E-state index >= 15 is 0 Å². The first-order valence-electron chi connectivity index (χ1n) is 9.25. The first kappa shape index (κ1) is 19.2. The summed E-state index contributed by atoms with van der Waals surface area (Å²) in [4.78, 5) is 39.1. The van der Waals surface area contributed by atoms with Gasteiger partial charge in [-0.15, -0.1) is 0 Å². The highest BCUT2D eigenvalue weighted by Gasteiger charge is 2.48. The fraction of sp³-hybridized carbons (Fsp3) is 0.227. The van der Waals surface area contributed by atoms with Crippen molar-refractivity contribution in [1.82, 2.24) is 0 Å². The monoisotopic (exact) mass is 410 g/mol. The fourth-order valence-electron chi connectivity index (χ4n) is 3.72. The minimum atomic E-state index is -0.405. The third-order valence-corrected chi connectivity index (χ3v) is 5.61. The zero-order chi connectivity index (χ0) is 20.5. The zero-order valence-corrected chi connectivity index (χ0v) is 16.5. The Labute approximate surface area is 173 Å². The molecular weight excluding hydrogens is 392 g/mol. The number of methoxy groups -OCH3 is 1. The second kappa shape index (κ2) is 7.72. The van der Waals surface area contributed by atoms with Gasteiger partial charge in [0.1, 0.15) is 5.75 Å². The van der Waals surface area contributed by atoms with Crippen molar-refractivity contribution in [1.29, 1.82) is 0 Å². The molecule has 3 amide bonds. The zero-order valence-electron chi connectivity index (χ0n) is 15.7. The summed E-state index contributed by atoms with van der Waals surface area (Å²) < 4.78 is 5.10. The summed E-state index contributed by atoms with van der Waals surface area (Å²) in [6, 6.07) is 13.4. The topological polar surface area (TPSA) is 75.7 Å². The normalized spacial score (nSPS) is 20.9. The number of fused-ring (bicyclic) bond motifs is 1. The Morgan fingerprint density at radius 3 is 2.34 bits per heavy atom. The first-order chi connectivity index (χ1) is 14.0. The number of nitrogens with zero attached hydrogens (tertiary/aromatic N) is 1. The number of allylic oxidation sites excluding steroid dienone is 2. The van der Waals surface area contributed by atoms with Gasteiger partial charge in [0.25, 0.3) is 5.91 Å². The number of ether oxygens (including phenoxy) is 1. The van der Waals surface area contributed by atoms with Crippen LogP contribution in [-0.2, 0) is 9.59 Å². The molecule has 1 aliphatic heterocycles. The molecule has 0 bridgehead atoms. The fourth-order valence-corrected chi connectivity index (χ4v) is 3.98. The molecule has 2 aromatic rings. The van der Waals surface area contributed by atoms with Gasteiger partial charge in [-0.25, -0.2) is 0 Å². The van der Waals surface area contributed by atoms with Crippen LogP contribution in [0, 0.1) is 11.8 Å². The molecule has 2 atom stereocenters. The van der Waals surface area contributed by atoms with Gasteiger partial charge in [0.05, 0.1) is 24.6 Å². The SMILES string of the molecule is COc1ccc(NC(=O)c2ccc(N3C(=O)[C@@H]4CC=C(Cl)C[C@H]4C3=O)cc2)cc1. The molecule has 1 heterocycles. The van der Waals surface area contributed by atoms with Crippen LogP contribution in [0.15, 0.2) is 59.6 Å². The predicted molar refractivity (Wildman–Crippen MR) is 110 cm³/mol. The quantitative estimate of drug-likeness (QED) is 0.774. The van der Waals surface area contributed by atoms with Crippen molar-refractivity contribution in [2.75, 3.05) is 17.3 Å². The maximum Gasteiger partial charge on any atom is 0.255 e. The van der Waals surface area contributed by atoms with E-state index in [0.29, 0.717) is 40.6 Å². The van der Waals surface area contributed by atoms with Gasteiger partial charge in [-0.1, -0.05) is 17.7 Å². The maximum absolute atomic E-state index is 12.7. The number of anilines is 2. The van der Waals surface area contributed by atoms with E-state index in [1.165, 1.54) is 4.90 Å². The number of imide groups is 1. The number of halogens is 1. The molecule has 6 nitrogen and oxygen atoms in total. The summed E-state index contributed by atoms with van der Waals surface area (Å²) in [5.74, 6) is -0.798. The van der Waals surface area contributed by atoms with E-state index in [4.69, 9.17) is 16.3 Å². The number of carbonyl (C=O) groups is 3. The van der Waals surface area contributed by atoms with Crippen LogP contribution in [0.25, 0.3) is 0 Å². The first-order valence-corrected chi connectivity index (χ1v) is 9.63. The molecule has 1 fully saturated rings. The van der Waals surface area contributed by atoms with Crippen molar-refractivity contribution in [3.05, 3.63) is 65.2 Å². The van der Waals surface area contributed by atoms with Crippen molar-refractivity contribution in [3.63, 3.8) is 0 Å². The molecule has 0 unspecified atom stereocenters. The van der Waals surface area contributed by atoms with Crippen LogP contribution in [0.4, 0.5) is 11.4 Å². The van der Waals surface area contributed by atoms with Gasteiger partial charge in [-0.05, 0) is 61.4 Å². The Morgan fingerprint density at radius 2 is 1.69 bits per heavy atom. The number of rotatable bonds is 4. The minimum Gasteiger partial charge on any atom is -0.497 e. The average molecular weight is 411 g/mol. The molecule has 1 saturated heterocycles. The molecule has 0 saturated carbocycles. The molecule has 1 aliphatic carbocycles. The van der Waals surface area contributed by atoms with Gasteiger partial charge in [-0.3, -0.25) is 19.3 Å². The maximum atomic E-state index is 12.7. The molecule has 148 valence electrons. The molecule has 2 aromatic carbocycles. The van der Waals surface area contributed by atoms with E-state index in [1.54, 1.807) is 55.6 Å². The molecule has 0 aromatic heterocycles. The van der Waals surface area contributed by atoms with E-state index in [1.807, 2.05) is 6.08 Å². The van der Waals surface area contributed by atoms with Crippen molar-refractivity contribution >= 4 is 40.7 Å². The highest BCUT2D eigenvalue weighted by molar-refractivity contribution is 6.30. The van der Waals surface area contributed by atoms with Crippen molar-refractivity contribution in [2.24, 2.45) is 11.8 Å². The minimum absolute atomic E-state index is 0.212. The Balaban J connectivity index is 1.48.